The Balaban J connectivity index is 2.19. The summed E-state index contributed by atoms with van der Waals surface area (Å²) in [7, 11) is 0. The number of anilines is 1. The van der Waals surface area contributed by atoms with Crippen LogP contribution in [0.5, 0.6) is 0 Å². The average Bonchev–Trinajstić information content (AvgIpc) is 2.81. The third-order valence-electron chi connectivity index (χ3n) is 2.46. The highest BCUT2D eigenvalue weighted by atomic mass is 79.9. The summed E-state index contributed by atoms with van der Waals surface area (Å²) >= 11 is 3.32. The summed E-state index contributed by atoms with van der Waals surface area (Å²) in [5.41, 5.74) is 0.634. The second-order valence-corrected chi connectivity index (χ2v) is 4.50. The zero-order valence-corrected chi connectivity index (χ0v) is 11.2. The zero-order valence-electron chi connectivity index (χ0n) is 9.59. The first-order chi connectivity index (χ1) is 9.11. The molecule has 0 radical (unpaired) electrons. The van der Waals surface area contributed by atoms with Crippen molar-refractivity contribution in [3.8, 4) is 6.07 Å². The Morgan fingerprint density at radius 1 is 1.47 bits per heavy atom. The van der Waals surface area contributed by atoms with Crippen molar-refractivity contribution >= 4 is 27.3 Å². The Hall–Kier alpha value is -2.33. The molecule has 0 saturated heterocycles. The van der Waals surface area contributed by atoms with Crippen molar-refractivity contribution in [1.82, 2.24) is 0 Å². The molecule has 1 heterocycles. The van der Waals surface area contributed by atoms with Crippen LogP contribution in [0.3, 0.4) is 0 Å². The van der Waals surface area contributed by atoms with Crippen molar-refractivity contribution < 1.29 is 9.34 Å². The maximum Gasteiger partial charge on any atom is 0.270 e. The Morgan fingerprint density at radius 3 is 2.84 bits per heavy atom. The van der Waals surface area contributed by atoms with Crippen LogP contribution in [0.1, 0.15) is 11.3 Å². The standard InChI is InChI=1S/C12H8BrN3O3/c13-10-3-4-19-12(10)7-15-11-2-1-9(16(17)18)5-8(11)6-14/h1-5,15H,7H2. The van der Waals surface area contributed by atoms with Gasteiger partial charge >= 0.3 is 0 Å². The van der Waals surface area contributed by atoms with Gasteiger partial charge in [-0.1, -0.05) is 0 Å². The van der Waals surface area contributed by atoms with E-state index >= 15 is 0 Å². The Morgan fingerprint density at radius 2 is 2.26 bits per heavy atom. The summed E-state index contributed by atoms with van der Waals surface area (Å²) in [6.07, 6.45) is 1.54. The van der Waals surface area contributed by atoms with E-state index in [0.717, 1.165) is 4.47 Å². The van der Waals surface area contributed by atoms with Crippen LogP contribution in [0, 0.1) is 21.4 Å². The SMILES string of the molecule is N#Cc1cc([N+](=O)[O-])ccc1NCc1occc1Br. The smallest absolute Gasteiger partial charge is 0.270 e. The van der Waals surface area contributed by atoms with E-state index in [1.54, 1.807) is 12.3 Å². The number of nitro benzene ring substituents is 1. The van der Waals surface area contributed by atoms with Crippen molar-refractivity contribution in [3.05, 3.63) is 56.4 Å². The molecule has 0 unspecified atom stereocenters. The fourth-order valence-corrected chi connectivity index (χ4v) is 1.86. The fraction of sp³-hybridized carbons (Fsp3) is 0.0833. The van der Waals surface area contributed by atoms with Gasteiger partial charge in [-0.25, -0.2) is 0 Å². The van der Waals surface area contributed by atoms with Gasteiger partial charge < -0.3 is 9.73 Å². The number of furan rings is 1. The molecular formula is C12H8BrN3O3. The molecule has 0 atom stereocenters. The lowest BCUT2D eigenvalue weighted by Crippen LogP contribution is -2.01. The van der Waals surface area contributed by atoms with E-state index < -0.39 is 4.92 Å². The normalized spacial score (nSPS) is 9.89. The van der Waals surface area contributed by atoms with Crippen LogP contribution in [0.15, 0.2) is 39.4 Å². The van der Waals surface area contributed by atoms with Gasteiger partial charge in [0, 0.05) is 12.1 Å². The number of halogens is 1. The van der Waals surface area contributed by atoms with Gasteiger partial charge in [0.1, 0.15) is 11.8 Å². The van der Waals surface area contributed by atoms with E-state index in [-0.39, 0.29) is 11.3 Å². The van der Waals surface area contributed by atoms with Gasteiger partial charge in [-0.2, -0.15) is 5.26 Å². The van der Waals surface area contributed by atoms with Gasteiger partial charge in [-0.05, 0) is 28.1 Å². The van der Waals surface area contributed by atoms with E-state index in [9.17, 15) is 10.1 Å². The van der Waals surface area contributed by atoms with Crippen LogP contribution >= 0.6 is 15.9 Å². The molecule has 0 saturated carbocycles. The van der Waals surface area contributed by atoms with Gasteiger partial charge in [0.05, 0.1) is 33.5 Å². The summed E-state index contributed by atoms with van der Waals surface area (Å²) < 4.78 is 6.04. The average molecular weight is 322 g/mol. The first-order valence-corrected chi connectivity index (χ1v) is 6.05. The number of hydrogen-bond acceptors (Lipinski definition) is 5. The fourth-order valence-electron chi connectivity index (χ4n) is 1.52. The van der Waals surface area contributed by atoms with E-state index in [0.29, 0.717) is 18.0 Å². The van der Waals surface area contributed by atoms with E-state index in [4.69, 9.17) is 9.68 Å². The van der Waals surface area contributed by atoms with Crippen molar-refractivity contribution in [3.63, 3.8) is 0 Å². The van der Waals surface area contributed by atoms with E-state index in [1.165, 1.54) is 18.2 Å². The number of nitrogens with one attached hydrogen (secondary N) is 1. The Labute approximate surface area is 116 Å². The Bertz CT molecular complexity index is 660. The molecule has 0 amide bonds. The summed E-state index contributed by atoms with van der Waals surface area (Å²) in [4.78, 5) is 10.1. The highest BCUT2D eigenvalue weighted by Crippen LogP contribution is 2.23. The van der Waals surface area contributed by atoms with Crippen LogP contribution in [-0.4, -0.2) is 4.92 Å². The summed E-state index contributed by atoms with van der Waals surface area (Å²) in [6.45, 7) is 0.375. The Kier molecular flexibility index (Phi) is 3.82. The molecule has 0 aliphatic carbocycles. The molecule has 1 aromatic heterocycles. The quantitative estimate of drug-likeness (QED) is 0.687. The molecule has 2 rings (SSSR count). The van der Waals surface area contributed by atoms with Crippen molar-refractivity contribution in [2.24, 2.45) is 0 Å². The molecular weight excluding hydrogens is 314 g/mol. The lowest BCUT2D eigenvalue weighted by Gasteiger charge is -2.06. The molecule has 0 aliphatic rings. The zero-order chi connectivity index (χ0) is 13.8. The summed E-state index contributed by atoms with van der Waals surface area (Å²) in [5, 5.41) is 22.6. The molecule has 0 fully saturated rings. The topological polar surface area (TPSA) is 92.1 Å². The first kappa shape index (κ1) is 13.1. The summed E-state index contributed by atoms with van der Waals surface area (Å²) in [5.74, 6) is 0.683. The second-order valence-electron chi connectivity index (χ2n) is 3.64. The predicted molar refractivity (Wildman–Crippen MR) is 71.5 cm³/mol. The number of benzene rings is 1. The van der Waals surface area contributed by atoms with Gasteiger partial charge in [0.25, 0.3) is 5.69 Å². The third kappa shape index (κ3) is 2.92. The maximum atomic E-state index is 10.6. The third-order valence-corrected chi connectivity index (χ3v) is 3.17. The van der Waals surface area contributed by atoms with E-state index in [2.05, 4.69) is 21.2 Å². The minimum atomic E-state index is -0.534. The van der Waals surface area contributed by atoms with Crippen molar-refractivity contribution in [2.45, 2.75) is 6.54 Å². The molecule has 6 nitrogen and oxygen atoms in total. The van der Waals surface area contributed by atoms with Crippen LogP contribution in [0.2, 0.25) is 0 Å². The van der Waals surface area contributed by atoms with Crippen molar-refractivity contribution in [2.75, 3.05) is 5.32 Å². The van der Waals surface area contributed by atoms with Gasteiger partial charge in [-0.3, -0.25) is 10.1 Å². The largest absolute Gasteiger partial charge is 0.466 e. The van der Waals surface area contributed by atoms with Crippen LogP contribution in [0.4, 0.5) is 11.4 Å². The lowest BCUT2D eigenvalue weighted by atomic mass is 10.1. The molecule has 7 heteroatoms. The van der Waals surface area contributed by atoms with Crippen molar-refractivity contribution in [1.29, 1.82) is 5.26 Å². The second kappa shape index (κ2) is 5.54. The molecule has 1 aromatic carbocycles. The maximum absolute atomic E-state index is 10.6. The molecule has 0 aliphatic heterocycles. The predicted octanol–water partition coefficient (Wildman–Crippen LogP) is 3.43. The molecule has 0 bridgehead atoms. The van der Waals surface area contributed by atoms with Gasteiger partial charge in [0.2, 0.25) is 0 Å². The van der Waals surface area contributed by atoms with Crippen LogP contribution in [-0.2, 0) is 6.54 Å². The van der Waals surface area contributed by atoms with Gasteiger partial charge in [-0.15, -0.1) is 0 Å². The number of nitro groups is 1. The number of nitrogens with zero attached hydrogens (tertiary/aromatic N) is 2. The molecule has 96 valence electrons. The monoisotopic (exact) mass is 321 g/mol. The molecule has 2 aromatic rings. The van der Waals surface area contributed by atoms with Gasteiger partial charge in [0.15, 0.2) is 0 Å². The number of rotatable bonds is 4. The minimum Gasteiger partial charge on any atom is -0.466 e. The lowest BCUT2D eigenvalue weighted by molar-refractivity contribution is -0.384. The highest BCUT2D eigenvalue weighted by molar-refractivity contribution is 9.10. The highest BCUT2D eigenvalue weighted by Gasteiger charge is 2.11. The van der Waals surface area contributed by atoms with Crippen LogP contribution < -0.4 is 5.32 Å². The summed E-state index contributed by atoms with van der Waals surface area (Å²) in [6, 6.07) is 7.78. The van der Waals surface area contributed by atoms with Crippen LogP contribution in [0.25, 0.3) is 0 Å². The number of non-ortho nitro benzene ring substituents is 1. The number of nitriles is 1. The molecule has 0 spiro atoms. The minimum absolute atomic E-state index is 0.110. The molecule has 1 N–H and O–H groups in total. The molecule has 19 heavy (non-hydrogen) atoms. The number of hydrogen-bond donors (Lipinski definition) is 1. The van der Waals surface area contributed by atoms with E-state index in [1.807, 2.05) is 6.07 Å². The first-order valence-electron chi connectivity index (χ1n) is 5.26.